The number of pyridine rings is 1. The molecule has 2 heterocycles. The molecule has 1 aromatic rings. The minimum atomic E-state index is 0.543. The Morgan fingerprint density at radius 1 is 1.50 bits per heavy atom. The van der Waals surface area contributed by atoms with Gasteiger partial charge in [0.05, 0.1) is 0 Å². The largest absolute Gasteiger partial charge is 0.353 e. The molecule has 1 aliphatic heterocycles. The molecule has 2 unspecified atom stereocenters. The molecule has 0 aromatic carbocycles. The van der Waals surface area contributed by atoms with Gasteiger partial charge in [0, 0.05) is 24.3 Å². The van der Waals surface area contributed by atoms with Gasteiger partial charge in [-0.15, -0.1) is 0 Å². The van der Waals surface area contributed by atoms with Crippen LogP contribution in [0.15, 0.2) is 12.3 Å². The van der Waals surface area contributed by atoms with Gasteiger partial charge in [-0.25, -0.2) is 4.98 Å². The Labute approximate surface area is 109 Å². The molecule has 0 aliphatic carbocycles. The van der Waals surface area contributed by atoms with E-state index in [4.69, 9.17) is 0 Å². The summed E-state index contributed by atoms with van der Waals surface area (Å²) < 4.78 is 0. The zero-order valence-electron chi connectivity index (χ0n) is 11.5. The van der Waals surface area contributed by atoms with Crippen LogP contribution in [0.4, 0.5) is 5.82 Å². The van der Waals surface area contributed by atoms with Crippen LogP contribution in [-0.4, -0.2) is 23.9 Å². The molecule has 0 N–H and O–H groups in total. The van der Waals surface area contributed by atoms with Crippen LogP contribution >= 0.6 is 0 Å². The molecule has 1 aromatic heterocycles. The van der Waals surface area contributed by atoms with Crippen LogP contribution in [0.1, 0.15) is 49.0 Å². The summed E-state index contributed by atoms with van der Waals surface area (Å²) in [6.07, 6.45) is 6.32. The van der Waals surface area contributed by atoms with Crippen molar-refractivity contribution in [1.29, 1.82) is 0 Å². The van der Waals surface area contributed by atoms with Crippen molar-refractivity contribution < 1.29 is 4.79 Å². The van der Waals surface area contributed by atoms with Crippen LogP contribution in [-0.2, 0) is 0 Å². The topological polar surface area (TPSA) is 33.2 Å². The van der Waals surface area contributed by atoms with Gasteiger partial charge in [-0.1, -0.05) is 13.3 Å². The number of aromatic nitrogens is 1. The second kappa shape index (κ2) is 5.51. The van der Waals surface area contributed by atoms with Crippen LogP contribution in [0, 0.1) is 12.8 Å². The van der Waals surface area contributed by atoms with E-state index in [2.05, 4.69) is 23.7 Å². The van der Waals surface area contributed by atoms with Gasteiger partial charge in [0.1, 0.15) is 5.82 Å². The van der Waals surface area contributed by atoms with Gasteiger partial charge >= 0.3 is 0 Å². The van der Waals surface area contributed by atoms with E-state index in [-0.39, 0.29) is 0 Å². The second-order valence-electron chi connectivity index (χ2n) is 5.38. The number of hydrogen-bond donors (Lipinski definition) is 0. The van der Waals surface area contributed by atoms with Crippen molar-refractivity contribution >= 4 is 12.1 Å². The maximum absolute atomic E-state index is 10.8. The minimum Gasteiger partial charge on any atom is -0.353 e. The fourth-order valence-electron chi connectivity index (χ4n) is 2.77. The fraction of sp³-hybridized carbons (Fsp3) is 0.600. The molecule has 3 nitrogen and oxygen atoms in total. The first-order chi connectivity index (χ1) is 8.65. The Morgan fingerprint density at radius 3 is 2.89 bits per heavy atom. The molecule has 0 radical (unpaired) electrons. The Morgan fingerprint density at radius 2 is 2.28 bits per heavy atom. The van der Waals surface area contributed by atoms with Crippen molar-refractivity contribution in [2.45, 2.75) is 46.1 Å². The molecule has 98 valence electrons. The average Bonchev–Trinajstić information content (AvgIpc) is 2.39. The minimum absolute atomic E-state index is 0.543. The lowest BCUT2D eigenvalue weighted by atomic mass is 9.91. The van der Waals surface area contributed by atoms with Gasteiger partial charge < -0.3 is 4.90 Å². The van der Waals surface area contributed by atoms with E-state index >= 15 is 0 Å². The summed E-state index contributed by atoms with van der Waals surface area (Å²) in [7, 11) is 0. The van der Waals surface area contributed by atoms with Crippen molar-refractivity contribution in [3.05, 3.63) is 23.4 Å². The predicted octanol–water partition coefficient (Wildman–Crippen LogP) is 3.22. The van der Waals surface area contributed by atoms with E-state index in [1.165, 1.54) is 19.3 Å². The number of carbonyl (C=O) groups is 1. The lowest BCUT2D eigenvalue weighted by molar-refractivity contribution is 0.112. The molecule has 0 saturated carbocycles. The number of nitrogens with zero attached hydrogens (tertiary/aromatic N) is 2. The number of hydrogen-bond acceptors (Lipinski definition) is 3. The van der Waals surface area contributed by atoms with Crippen molar-refractivity contribution in [2.24, 2.45) is 5.92 Å². The summed E-state index contributed by atoms with van der Waals surface area (Å²) >= 11 is 0. The molecular weight excluding hydrogens is 224 g/mol. The van der Waals surface area contributed by atoms with Gasteiger partial charge in [-0.2, -0.15) is 0 Å². The Hall–Kier alpha value is -1.38. The molecule has 2 atom stereocenters. The normalized spacial score (nSPS) is 24.1. The molecule has 0 bridgehead atoms. The summed E-state index contributed by atoms with van der Waals surface area (Å²) in [5, 5.41) is 0. The summed E-state index contributed by atoms with van der Waals surface area (Å²) in [5.74, 6) is 1.82. The molecule has 0 spiro atoms. The number of aryl methyl sites for hydroxylation is 1. The van der Waals surface area contributed by atoms with E-state index in [1.54, 1.807) is 6.20 Å². The van der Waals surface area contributed by atoms with Crippen molar-refractivity contribution in [3.8, 4) is 0 Å². The second-order valence-corrected chi connectivity index (χ2v) is 5.38. The maximum atomic E-state index is 10.8. The molecule has 3 heteroatoms. The lowest BCUT2D eigenvalue weighted by Crippen LogP contribution is -2.42. The smallest absolute Gasteiger partial charge is 0.151 e. The Bertz CT molecular complexity index is 431. The van der Waals surface area contributed by atoms with Crippen LogP contribution in [0.25, 0.3) is 0 Å². The van der Waals surface area contributed by atoms with Gasteiger partial charge in [-0.05, 0) is 44.2 Å². The van der Waals surface area contributed by atoms with E-state index in [1.807, 2.05) is 13.0 Å². The zero-order valence-corrected chi connectivity index (χ0v) is 11.5. The van der Waals surface area contributed by atoms with Gasteiger partial charge in [0.2, 0.25) is 0 Å². The Kier molecular flexibility index (Phi) is 4.00. The number of rotatable bonds is 3. The molecule has 0 amide bonds. The molecule has 1 saturated heterocycles. The van der Waals surface area contributed by atoms with Crippen LogP contribution in [0.3, 0.4) is 0 Å². The highest BCUT2D eigenvalue weighted by atomic mass is 16.1. The quantitative estimate of drug-likeness (QED) is 0.768. The first-order valence-electron chi connectivity index (χ1n) is 6.84. The number of anilines is 1. The maximum Gasteiger partial charge on any atom is 0.151 e. The molecule has 18 heavy (non-hydrogen) atoms. The molecule has 1 fully saturated rings. The summed E-state index contributed by atoms with van der Waals surface area (Å²) in [4.78, 5) is 17.6. The van der Waals surface area contributed by atoms with Gasteiger partial charge in [0.15, 0.2) is 6.29 Å². The van der Waals surface area contributed by atoms with Crippen LogP contribution in [0.5, 0.6) is 0 Å². The van der Waals surface area contributed by atoms with Gasteiger partial charge in [-0.3, -0.25) is 4.79 Å². The van der Waals surface area contributed by atoms with E-state index in [0.29, 0.717) is 11.6 Å². The summed E-state index contributed by atoms with van der Waals surface area (Å²) in [5.41, 5.74) is 1.76. The van der Waals surface area contributed by atoms with Crippen molar-refractivity contribution in [1.82, 2.24) is 4.98 Å². The van der Waals surface area contributed by atoms with E-state index in [9.17, 15) is 4.79 Å². The molecule has 1 aliphatic rings. The van der Waals surface area contributed by atoms with Crippen molar-refractivity contribution in [3.63, 3.8) is 0 Å². The molecular formula is C15H22N2O. The third-order valence-corrected chi connectivity index (χ3v) is 4.04. The van der Waals surface area contributed by atoms with E-state index < -0.39 is 0 Å². The van der Waals surface area contributed by atoms with Crippen molar-refractivity contribution in [2.75, 3.05) is 11.4 Å². The SMILES string of the molecule is CCC1CCC(C)N(c2ncc(C=O)cc2C)C1. The summed E-state index contributed by atoms with van der Waals surface area (Å²) in [6.45, 7) is 7.65. The lowest BCUT2D eigenvalue weighted by Gasteiger charge is -2.39. The predicted molar refractivity (Wildman–Crippen MR) is 74.2 cm³/mol. The monoisotopic (exact) mass is 246 g/mol. The highest BCUT2D eigenvalue weighted by Gasteiger charge is 2.26. The first-order valence-corrected chi connectivity index (χ1v) is 6.84. The molecule has 2 rings (SSSR count). The first kappa shape index (κ1) is 13.1. The number of carbonyl (C=O) groups excluding carboxylic acids is 1. The fourth-order valence-corrected chi connectivity index (χ4v) is 2.77. The third kappa shape index (κ3) is 2.55. The van der Waals surface area contributed by atoms with Crippen LogP contribution < -0.4 is 4.90 Å². The van der Waals surface area contributed by atoms with Gasteiger partial charge in [0.25, 0.3) is 0 Å². The van der Waals surface area contributed by atoms with E-state index in [0.717, 1.165) is 30.1 Å². The summed E-state index contributed by atoms with van der Waals surface area (Å²) in [6, 6.07) is 2.47. The number of aldehydes is 1. The van der Waals surface area contributed by atoms with Crippen LogP contribution in [0.2, 0.25) is 0 Å². The highest BCUT2D eigenvalue weighted by Crippen LogP contribution is 2.29. The average molecular weight is 246 g/mol. The third-order valence-electron chi connectivity index (χ3n) is 4.04. The highest BCUT2D eigenvalue weighted by molar-refractivity contribution is 5.75. The zero-order chi connectivity index (χ0) is 13.1. The standard InChI is InChI=1S/C15H22N2O/c1-4-13-6-5-12(3)17(9-13)15-11(2)7-14(10-18)8-16-15/h7-8,10,12-13H,4-6,9H2,1-3H3. The Balaban J connectivity index is 2.26. The number of piperidine rings is 1.